The summed E-state index contributed by atoms with van der Waals surface area (Å²) in [5, 5.41) is 9.58. The lowest BCUT2D eigenvalue weighted by atomic mass is 10.1. The van der Waals surface area contributed by atoms with Gasteiger partial charge in [0.25, 0.3) is 0 Å². The normalized spacial score (nSPS) is 34.6. The monoisotopic (exact) mass is 199 g/mol. The SMILES string of the molecule is CO[C@@H]1CN(C(=O)C2(C)CC2)C[C@H]1O. The van der Waals surface area contributed by atoms with Crippen LogP contribution in [0.15, 0.2) is 0 Å². The molecule has 1 aliphatic carbocycles. The van der Waals surface area contributed by atoms with E-state index in [1.54, 1.807) is 12.0 Å². The van der Waals surface area contributed by atoms with E-state index < -0.39 is 6.10 Å². The van der Waals surface area contributed by atoms with E-state index in [4.69, 9.17) is 4.74 Å². The maximum atomic E-state index is 11.9. The molecule has 1 heterocycles. The fourth-order valence-electron chi connectivity index (χ4n) is 1.94. The second kappa shape index (κ2) is 3.21. The number of aliphatic hydroxyl groups is 1. The maximum absolute atomic E-state index is 11.9. The Labute approximate surface area is 83.8 Å². The summed E-state index contributed by atoms with van der Waals surface area (Å²) < 4.78 is 5.09. The first-order valence-corrected chi connectivity index (χ1v) is 5.07. The predicted octanol–water partition coefficient (Wildman–Crippen LogP) is 0.00460. The Kier molecular flexibility index (Phi) is 2.27. The molecule has 2 rings (SSSR count). The lowest BCUT2D eigenvalue weighted by molar-refractivity contribution is -0.135. The van der Waals surface area contributed by atoms with E-state index in [-0.39, 0.29) is 17.4 Å². The van der Waals surface area contributed by atoms with Crippen molar-refractivity contribution < 1.29 is 14.6 Å². The van der Waals surface area contributed by atoms with Crippen molar-refractivity contribution in [3.63, 3.8) is 0 Å². The van der Waals surface area contributed by atoms with Crippen LogP contribution in [-0.4, -0.2) is 48.3 Å². The topological polar surface area (TPSA) is 49.8 Å². The molecule has 1 saturated heterocycles. The third-order valence-electron chi connectivity index (χ3n) is 3.34. The number of nitrogens with zero attached hydrogens (tertiary/aromatic N) is 1. The van der Waals surface area contributed by atoms with Crippen molar-refractivity contribution >= 4 is 5.91 Å². The smallest absolute Gasteiger partial charge is 0.228 e. The van der Waals surface area contributed by atoms with E-state index in [1.807, 2.05) is 6.92 Å². The minimum atomic E-state index is -0.522. The fourth-order valence-corrected chi connectivity index (χ4v) is 1.94. The minimum absolute atomic E-state index is 0.137. The Hall–Kier alpha value is -0.610. The molecule has 2 fully saturated rings. The van der Waals surface area contributed by atoms with Gasteiger partial charge in [-0.05, 0) is 12.8 Å². The first-order chi connectivity index (χ1) is 6.57. The van der Waals surface area contributed by atoms with Crippen LogP contribution in [0.5, 0.6) is 0 Å². The number of hydrogen-bond donors (Lipinski definition) is 1. The molecular weight excluding hydrogens is 182 g/mol. The third-order valence-corrected chi connectivity index (χ3v) is 3.34. The Morgan fingerprint density at radius 3 is 2.57 bits per heavy atom. The molecule has 1 saturated carbocycles. The molecule has 4 heteroatoms. The molecule has 0 aromatic carbocycles. The van der Waals surface area contributed by atoms with Gasteiger partial charge in [-0.15, -0.1) is 0 Å². The number of ether oxygens (including phenoxy) is 1. The molecule has 1 aliphatic heterocycles. The summed E-state index contributed by atoms with van der Waals surface area (Å²) in [6.07, 6.45) is 1.24. The number of hydrogen-bond acceptors (Lipinski definition) is 3. The van der Waals surface area contributed by atoms with Crippen molar-refractivity contribution in [3.8, 4) is 0 Å². The highest BCUT2D eigenvalue weighted by molar-refractivity contribution is 5.85. The van der Waals surface area contributed by atoms with Crippen LogP contribution in [-0.2, 0) is 9.53 Å². The second-order valence-electron chi connectivity index (χ2n) is 4.61. The van der Waals surface area contributed by atoms with E-state index in [2.05, 4.69) is 0 Å². The molecule has 0 spiro atoms. The van der Waals surface area contributed by atoms with Crippen molar-refractivity contribution in [2.24, 2.45) is 5.41 Å². The number of likely N-dealkylation sites (tertiary alicyclic amines) is 1. The molecule has 0 unspecified atom stereocenters. The van der Waals surface area contributed by atoms with Gasteiger partial charge in [-0.3, -0.25) is 4.79 Å². The third kappa shape index (κ3) is 1.53. The average Bonchev–Trinajstić information content (AvgIpc) is 2.79. The maximum Gasteiger partial charge on any atom is 0.228 e. The van der Waals surface area contributed by atoms with Crippen molar-refractivity contribution in [2.75, 3.05) is 20.2 Å². The van der Waals surface area contributed by atoms with Gasteiger partial charge in [0, 0.05) is 25.6 Å². The van der Waals surface area contributed by atoms with Crippen LogP contribution in [0.4, 0.5) is 0 Å². The lowest BCUT2D eigenvalue weighted by Crippen LogP contribution is -2.35. The van der Waals surface area contributed by atoms with Gasteiger partial charge < -0.3 is 14.7 Å². The van der Waals surface area contributed by atoms with E-state index in [0.717, 1.165) is 12.8 Å². The van der Waals surface area contributed by atoms with Gasteiger partial charge in [0.2, 0.25) is 5.91 Å². The molecular formula is C10H17NO3. The van der Waals surface area contributed by atoms with Gasteiger partial charge in [0.1, 0.15) is 6.10 Å². The van der Waals surface area contributed by atoms with E-state index in [1.165, 1.54) is 0 Å². The Morgan fingerprint density at radius 2 is 2.14 bits per heavy atom. The number of aliphatic hydroxyl groups excluding tert-OH is 1. The van der Waals surface area contributed by atoms with Gasteiger partial charge >= 0.3 is 0 Å². The van der Waals surface area contributed by atoms with Crippen LogP contribution < -0.4 is 0 Å². The van der Waals surface area contributed by atoms with Crippen molar-refractivity contribution in [3.05, 3.63) is 0 Å². The standard InChI is InChI=1S/C10H17NO3/c1-10(3-4-10)9(13)11-5-7(12)8(6-11)14-2/h7-8,12H,3-6H2,1-2H3/t7-,8-/m1/s1. The fraction of sp³-hybridized carbons (Fsp3) is 0.900. The molecule has 2 aliphatic rings. The van der Waals surface area contributed by atoms with Crippen LogP contribution in [0.1, 0.15) is 19.8 Å². The highest BCUT2D eigenvalue weighted by Gasteiger charge is 2.49. The largest absolute Gasteiger partial charge is 0.388 e. The number of β-amino-alcohol motifs (C(OH)–C–C–N with tert-alkyl or cyclic N) is 1. The summed E-state index contributed by atoms with van der Waals surface area (Å²) in [6, 6.07) is 0. The summed E-state index contributed by atoms with van der Waals surface area (Å²) in [5.74, 6) is 0.177. The van der Waals surface area contributed by atoms with Crippen LogP contribution in [0.25, 0.3) is 0 Å². The quantitative estimate of drug-likeness (QED) is 0.681. The number of carbonyl (C=O) groups is 1. The Morgan fingerprint density at radius 1 is 1.50 bits per heavy atom. The zero-order valence-electron chi connectivity index (χ0n) is 8.69. The predicted molar refractivity (Wildman–Crippen MR) is 50.7 cm³/mol. The first-order valence-electron chi connectivity index (χ1n) is 5.07. The van der Waals surface area contributed by atoms with Crippen molar-refractivity contribution in [1.82, 2.24) is 4.90 Å². The number of rotatable bonds is 2. The zero-order chi connectivity index (χ0) is 10.3. The van der Waals surface area contributed by atoms with Crippen LogP contribution in [0.2, 0.25) is 0 Å². The molecule has 0 bridgehead atoms. The molecule has 80 valence electrons. The Balaban J connectivity index is 1.97. The highest BCUT2D eigenvalue weighted by atomic mass is 16.5. The van der Waals surface area contributed by atoms with Gasteiger partial charge in [-0.2, -0.15) is 0 Å². The van der Waals surface area contributed by atoms with Crippen LogP contribution >= 0.6 is 0 Å². The molecule has 14 heavy (non-hydrogen) atoms. The summed E-state index contributed by atoms with van der Waals surface area (Å²) >= 11 is 0. The number of methoxy groups -OCH3 is 1. The molecule has 2 atom stereocenters. The lowest BCUT2D eigenvalue weighted by Gasteiger charge is -2.19. The van der Waals surface area contributed by atoms with Crippen LogP contribution in [0.3, 0.4) is 0 Å². The van der Waals surface area contributed by atoms with Gasteiger partial charge in [-0.1, -0.05) is 6.92 Å². The summed E-state index contributed by atoms with van der Waals surface area (Å²) in [7, 11) is 1.57. The second-order valence-corrected chi connectivity index (χ2v) is 4.61. The minimum Gasteiger partial charge on any atom is -0.388 e. The number of carbonyl (C=O) groups excluding carboxylic acids is 1. The van der Waals surface area contributed by atoms with Crippen molar-refractivity contribution in [1.29, 1.82) is 0 Å². The zero-order valence-corrected chi connectivity index (χ0v) is 8.69. The molecule has 4 nitrogen and oxygen atoms in total. The van der Waals surface area contributed by atoms with E-state index in [0.29, 0.717) is 13.1 Å². The molecule has 0 radical (unpaired) electrons. The summed E-state index contributed by atoms with van der Waals surface area (Å²) in [6.45, 7) is 2.95. The average molecular weight is 199 g/mol. The number of amides is 1. The molecule has 1 amide bonds. The van der Waals surface area contributed by atoms with Gasteiger partial charge in [0.15, 0.2) is 0 Å². The van der Waals surface area contributed by atoms with Gasteiger partial charge in [0.05, 0.1) is 6.10 Å². The molecule has 0 aromatic heterocycles. The van der Waals surface area contributed by atoms with E-state index >= 15 is 0 Å². The van der Waals surface area contributed by atoms with E-state index in [9.17, 15) is 9.90 Å². The molecule has 0 aromatic rings. The summed E-state index contributed by atoms with van der Waals surface area (Å²) in [4.78, 5) is 13.6. The summed E-state index contributed by atoms with van der Waals surface area (Å²) in [5.41, 5.74) is -0.137. The first kappa shape index (κ1) is 9.93. The van der Waals surface area contributed by atoms with Crippen molar-refractivity contribution in [2.45, 2.75) is 32.0 Å². The Bertz CT molecular complexity index is 250. The van der Waals surface area contributed by atoms with Crippen LogP contribution in [0, 0.1) is 5.41 Å². The molecule has 1 N–H and O–H groups in total. The highest BCUT2D eigenvalue weighted by Crippen LogP contribution is 2.46. The van der Waals surface area contributed by atoms with Gasteiger partial charge in [-0.25, -0.2) is 0 Å².